The SMILES string of the molecule is CC(C)Oc1ncccc1CNCC(F)(F)F. The highest BCUT2D eigenvalue weighted by Crippen LogP contribution is 2.17. The molecule has 0 fully saturated rings. The fourth-order valence-electron chi connectivity index (χ4n) is 1.23. The van der Waals surface area contributed by atoms with Gasteiger partial charge in [-0.2, -0.15) is 13.2 Å². The molecule has 3 nitrogen and oxygen atoms in total. The van der Waals surface area contributed by atoms with E-state index in [9.17, 15) is 13.2 Å². The van der Waals surface area contributed by atoms with E-state index in [2.05, 4.69) is 10.3 Å². The van der Waals surface area contributed by atoms with Gasteiger partial charge < -0.3 is 10.1 Å². The van der Waals surface area contributed by atoms with Crippen LogP contribution in [0.4, 0.5) is 13.2 Å². The van der Waals surface area contributed by atoms with E-state index in [4.69, 9.17) is 4.74 Å². The van der Waals surface area contributed by atoms with Crippen molar-refractivity contribution >= 4 is 0 Å². The largest absolute Gasteiger partial charge is 0.475 e. The van der Waals surface area contributed by atoms with Crippen molar-refractivity contribution < 1.29 is 17.9 Å². The quantitative estimate of drug-likeness (QED) is 0.869. The lowest BCUT2D eigenvalue weighted by molar-refractivity contribution is -0.125. The molecule has 6 heteroatoms. The van der Waals surface area contributed by atoms with Crippen molar-refractivity contribution in [2.45, 2.75) is 32.7 Å². The molecule has 1 rings (SSSR count). The summed E-state index contributed by atoms with van der Waals surface area (Å²) in [6.45, 7) is 2.72. The highest BCUT2D eigenvalue weighted by Gasteiger charge is 2.26. The maximum Gasteiger partial charge on any atom is 0.401 e. The van der Waals surface area contributed by atoms with Crippen molar-refractivity contribution in [1.29, 1.82) is 0 Å². The average Bonchev–Trinajstić information content (AvgIpc) is 2.18. The van der Waals surface area contributed by atoms with Crippen LogP contribution in [0.15, 0.2) is 18.3 Å². The molecule has 17 heavy (non-hydrogen) atoms. The van der Waals surface area contributed by atoms with Crippen LogP contribution >= 0.6 is 0 Å². The lowest BCUT2D eigenvalue weighted by atomic mass is 10.2. The normalized spacial score (nSPS) is 11.9. The van der Waals surface area contributed by atoms with E-state index in [-0.39, 0.29) is 12.6 Å². The molecule has 0 aliphatic heterocycles. The number of pyridine rings is 1. The van der Waals surface area contributed by atoms with Gasteiger partial charge in [0.2, 0.25) is 5.88 Å². The Balaban J connectivity index is 2.58. The molecule has 0 aromatic carbocycles. The van der Waals surface area contributed by atoms with E-state index < -0.39 is 12.7 Å². The number of alkyl halides is 3. The molecule has 1 N–H and O–H groups in total. The Hall–Kier alpha value is -1.30. The van der Waals surface area contributed by atoms with Crippen LogP contribution in [0.25, 0.3) is 0 Å². The van der Waals surface area contributed by atoms with Gasteiger partial charge in [-0.05, 0) is 19.9 Å². The average molecular weight is 248 g/mol. The molecule has 0 aliphatic rings. The Morgan fingerprint density at radius 2 is 2.12 bits per heavy atom. The van der Waals surface area contributed by atoms with Crippen LogP contribution in [0.5, 0.6) is 5.88 Å². The smallest absolute Gasteiger partial charge is 0.401 e. The number of hydrogen-bond acceptors (Lipinski definition) is 3. The predicted molar refractivity (Wildman–Crippen MR) is 57.8 cm³/mol. The van der Waals surface area contributed by atoms with Gasteiger partial charge in [0, 0.05) is 18.3 Å². The van der Waals surface area contributed by atoms with Gasteiger partial charge in [0.05, 0.1) is 12.6 Å². The molecule has 0 spiro atoms. The van der Waals surface area contributed by atoms with Crippen molar-refractivity contribution in [3.05, 3.63) is 23.9 Å². The molecular weight excluding hydrogens is 233 g/mol. The zero-order valence-corrected chi connectivity index (χ0v) is 9.71. The number of rotatable bonds is 5. The third kappa shape index (κ3) is 5.53. The number of aromatic nitrogens is 1. The van der Waals surface area contributed by atoms with Crippen LogP contribution in [0.1, 0.15) is 19.4 Å². The second kappa shape index (κ2) is 5.86. The van der Waals surface area contributed by atoms with Crippen molar-refractivity contribution in [2.75, 3.05) is 6.54 Å². The fraction of sp³-hybridized carbons (Fsp3) is 0.545. The van der Waals surface area contributed by atoms with E-state index in [0.29, 0.717) is 11.4 Å². The molecule has 1 aromatic heterocycles. The van der Waals surface area contributed by atoms with E-state index in [1.165, 1.54) is 0 Å². The number of hydrogen-bond donors (Lipinski definition) is 1. The third-order valence-electron chi connectivity index (χ3n) is 1.84. The Morgan fingerprint density at radius 3 is 2.71 bits per heavy atom. The van der Waals surface area contributed by atoms with E-state index in [1.54, 1.807) is 18.3 Å². The molecule has 96 valence electrons. The standard InChI is InChI=1S/C11H15F3N2O/c1-8(2)17-10-9(4-3-5-16-10)6-15-7-11(12,13)14/h3-5,8,15H,6-7H2,1-2H3. The summed E-state index contributed by atoms with van der Waals surface area (Å²) < 4.78 is 41.3. The summed E-state index contributed by atoms with van der Waals surface area (Å²) in [5.41, 5.74) is 0.616. The van der Waals surface area contributed by atoms with Crippen LogP contribution in [-0.2, 0) is 6.54 Å². The maximum absolute atomic E-state index is 12.0. The third-order valence-corrected chi connectivity index (χ3v) is 1.84. The number of nitrogens with one attached hydrogen (secondary N) is 1. The molecule has 1 heterocycles. The highest BCUT2D eigenvalue weighted by molar-refractivity contribution is 5.25. The van der Waals surface area contributed by atoms with Crippen LogP contribution in [0.3, 0.4) is 0 Å². The van der Waals surface area contributed by atoms with Crippen molar-refractivity contribution in [2.24, 2.45) is 0 Å². The van der Waals surface area contributed by atoms with Crippen LogP contribution < -0.4 is 10.1 Å². The lowest BCUT2D eigenvalue weighted by Gasteiger charge is -2.13. The van der Waals surface area contributed by atoms with Crippen molar-refractivity contribution in [3.63, 3.8) is 0 Å². The van der Waals surface area contributed by atoms with Gasteiger partial charge in [-0.15, -0.1) is 0 Å². The zero-order valence-electron chi connectivity index (χ0n) is 9.71. The molecule has 0 unspecified atom stereocenters. The minimum atomic E-state index is -4.21. The Kier molecular flexibility index (Phi) is 4.74. The molecule has 0 saturated heterocycles. The van der Waals surface area contributed by atoms with Gasteiger partial charge in [-0.25, -0.2) is 4.98 Å². The highest BCUT2D eigenvalue weighted by atomic mass is 19.4. The molecule has 0 bridgehead atoms. The molecule has 0 aliphatic carbocycles. The lowest BCUT2D eigenvalue weighted by Crippen LogP contribution is -2.28. The summed E-state index contributed by atoms with van der Waals surface area (Å²) >= 11 is 0. The summed E-state index contributed by atoms with van der Waals surface area (Å²) in [6, 6.07) is 3.35. The summed E-state index contributed by atoms with van der Waals surface area (Å²) in [6.07, 6.45) is -2.72. The topological polar surface area (TPSA) is 34.1 Å². The first-order chi connectivity index (χ1) is 7.88. The first-order valence-corrected chi connectivity index (χ1v) is 5.26. The number of ether oxygens (including phenoxy) is 1. The van der Waals surface area contributed by atoms with Crippen LogP contribution in [0, 0.1) is 0 Å². The first-order valence-electron chi connectivity index (χ1n) is 5.26. The molecule has 0 saturated carbocycles. The Bertz CT molecular complexity index is 353. The van der Waals surface area contributed by atoms with Gasteiger partial charge in [-0.3, -0.25) is 0 Å². The van der Waals surface area contributed by atoms with Gasteiger partial charge in [0.1, 0.15) is 0 Å². The fourth-order valence-corrected chi connectivity index (χ4v) is 1.23. The molecule has 1 aromatic rings. The summed E-state index contributed by atoms with van der Waals surface area (Å²) in [7, 11) is 0. The number of nitrogens with zero attached hydrogens (tertiary/aromatic N) is 1. The van der Waals surface area contributed by atoms with Gasteiger partial charge >= 0.3 is 6.18 Å². The maximum atomic E-state index is 12.0. The Labute approximate surface area is 98.0 Å². The van der Waals surface area contributed by atoms with Crippen LogP contribution in [0.2, 0.25) is 0 Å². The van der Waals surface area contributed by atoms with E-state index in [0.717, 1.165) is 0 Å². The van der Waals surface area contributed by atoms with E-state index in [1.807, 2.05) is 13.8 Å². The molecular formula is C11H15F3N2O. The zero-order chi connectivity index (χ0) is 12.9. The van der Waals surface area contributed by atoms with Crippen LogP contribution in [-0.4, -0.2) is 23.8 Å². The second-order valence-corrected chi connectivity index (χ2v) is 3.85. The van der Waals surface area contributed by atoms with Gasteiger partial charge in [-0.1, -0.05) is 6.07 Å². The molecule has 0 atom stereocenters. The predicted octanol–water partition coefficient (Wildman–Crippen LogP) is 2.52. The Morgan fingerprint density at radius 1 is 1.41 bits per heavy atom. The summed E-state index contributed by atoms with van der Waals surface area (Å²) in [4.78, 5) is 3.99. The van der Waals surface area contributed by atoms with Gasteiger partial charge in [0.15, 0.2) is 0 Å². The molecule has 0 radical (unpaired) electrons. The molecule has 0 amide bonds. The number of halogens is 3. The van der Waals surface area contributed by atoms with Crippen molar-refractivity contribution in [3.8, 4) is 5.88 Å². The first kappa shape index (κ1) is 13.8. The van der Waals surface area contributed by atoms with Crippen molar-refractivity contribution in [1.82, 2.24) is 10.3 Å². The van der Waals surface area contributed by atoms with Gasteiger partial charge in [0.25, 0.3) is 0 Å². The second-order valence-electron chi connectivity index (χ2n) is 3.85. The van der Waals surface area contributed by atoms with E-state index >= 15 is 0 Å². The summed E-state index contributed by atoms with van der Waals surface area (Å²) in [5, 5.41) is 2.31. The monoisotopic (exact) mass is 248 g/mol. The minimum Gasteiger partial charge on any atom is -0.475 e. The minimum absolute atomic E-state index is 0.0636. The summed E-state index contributed by atoms with van der Waals surface area (Å²) in [5.74, 6) is 0.372.